The number of aliphatic carboxylic acids is 1. The zero-order valence-corrected chi connectivity index (χ0v) is 8.66. The summed E-state index contributed by atoms with van der Waals surface area (Å²) in [6.07, 6.45) is 1.79. The van der Waals surface area contributed by atoms with E-state index in [9.17, 15) is 9.59 Å². The Bertz CT molecular complexity index is 238. The van der Waals surface area contributed by atoms with Crippen LogP contribution in [0.2, 0.25) is 0 Å². The topological polar surface area (TPSA) is 87.7 Å². The van der Waals surface area contributed by atoms with Crippen molar-refractivity contribution in [1.29, 1.82) is 0 Å². The molecule has 86 valence electrons. The largest absolute Gasteiger partial charge is 0.480 e. The van der Waals surface area contributed by atoms with Gasteiger partial charge in [-0.2, -0.15) is 0 Å². The second-order valence-electron chi connectivity index (χ2n) is 3.59. The average molecular weight is 216 g/mol. The molecule has 0 aromatic rings. The van der Waals surface area contributed by atoms with Crippen LogP contribution in [-0.2, 0) is 9.53 Å². The Balaban J connectivity index is 2.25. The first-order chi connectivity index (χ1) is 7.09. The number of rotatable bonds is 3. The highest BCUT2D eigenvalue weighted by molar-refractivity contribution is 5.82. The third kappa shape index (κ3) is 4.16. The molecule has 0 spiro atoms. The summed E-state index contributed by atoms with van der Waals surface area (Å²) in [7, 11) is 0. The highest BCUT2D eigenvalue weighted by atomic mass is 16.5. The van der Waals surface area contributed by atoms with Crippen LogP contribution in [0.5, 0.6) is 0 Å². The molecule has 6 heteroatoms. The van der Waals surface area contributed by atoms with Crippen molar-refractivity contribution in [3.05, 3.63) is 0 Å². The van der Waals surface area contributed by atoms with E-state index in [2.05, 4.69) is 10.6 Å². The van der Waals surface area contributed by atoms with Crippen LogP contribution in [-0.4, -0.2) is 42.4 Å². The van der Waals surface area contributed by atoms with Crippen LogP contribution in [0.4, 0.5) is 4.79 Å². The van der Waals surface area contributed by atoms with Crippen molar-refractivity contribution in [3.63, 3.8) is 0 Å². The summed E-state index contributed by atoms with van der Waals surface area (Å²) in [4.78, 5) is 21.7. The number of carboxylic acids is 1. The molecular weight excluding hydrogens is 200 g/mol. The quantitative estimate of drug-likeness (QED) is 0.616. The summed E-state index contributed by atoms with van der Waals surface area (Å²) in [6, 6.07) is -1.35. The minimum absolute atomic E-state index is 0.0141. The lowest BCUT2D eigenvalue weighted by Gasteiger charge is -2.23. The van der Waals surface area contributed by atoms with Gasteiger partial charge in [0.2, 0.25) is 0 Å². The lowest BCUT2D eigenvalue weighted by atomic mass is 10.1. The van der Waals surface area contributed by atoms with Gasteiger partial charge in [-0.15, -0.1) is 0 Å². The minimum atomic E-state index is -1.05. The fourth-order valence-corrected chi connectivity index (χ4v) is 1.34. The second kappa shape index (κ2) is 5.55. The van der Waals surface area contributed by atoms with Crippen molar-refractivity contribution < 1.29 is 19.4 Å². The number of carbonyl (C=O) groups is 2. The van der Waals surface area contributed by atoms with Crippen molar-refractivity contribution >= 4 is 12.0 Å². The molecule has 2 amide bonds. The average Bonchev–Trinajstić information content (AvgIpc) is 2.18. The van der Waals surface area contributed by atoms with Crippen molar-refractivity contribution in [2.45, 2.75) is 31.8 Å². The molecule has 1 heterocycles. The van der Waals surface area contributed by atoms with E-state index >= 15 is 0 Å². The fraction of sp³-hybridized carbons (Fsp3) is 0.778. The maximum atomic E-state index is 11.3. The first-order valence-corrected chi connectivity index (χ1v) is 4.97. The van der Waals surface area contributed by atoms with Gasteiger partial charge in [0.05, 0.1) is 12.6 Å². The van der Waals surface area contributed by atoms with Crippen molar-refractivity contribution in [2.24, 2.45) is 0 Å². The zero-order chi connectivity index (χ0) is 11.3. The van der Waals surface area contributed by atoms with E-state index in [0.717, 1.165) is 19.4 Å². The number of hydrogen-bond acceptors (Lipinski definition) is 3. The summed E-state index contributed by atoms with van der Waals surface area (Å²) in [5.74, 6) is -1.05. The molecule has 2 atom stereocenters. The lowest BCUT2D eigenvalue weighted by Crippen LogP contribution is -2.49. The predicted octanol–water partition coefficient (Wildman–Crippen LogP) is -0.0623. The van der Waals surface area contributed by atoms with Crippen LogP contribution in [0.15, 0.2) is 0 Å². The number of carbonyl (C=O) groups excluding carboxylic acids is 1. The molecule has 0 aromatic heterocycles. The first-order valence-electron chi connectivity index (χ1n) is 4.97. The van der Waals surface area contributed by atoms with Gasteiger partial charge >= 0.3 is 12.0 Å². The molecule has 0 saturated carbocycles. The monoisotopic (exact) mass is 216 g/mol. The van der Waals surface area contributed by atoms with Crippen LogP contribution in [0.1, 0.15) is 19.8 Å². The van der Waals surface area contributed by atoms with Gasteiger partial charge in [-0.05, 0) is 19.8 Å². The summed E-state index contributed by atoms with van der Waals surface area (Å²) < 4.78 is 5.18. The fourth-order valence-electron chi connectivity index (χ4n) is 1.34. The number of urea groups is 1. The van der Waals surface area contributed by atoms with E-state index in [1.807, 2.05) is 0 Å². The van der Waals surface area contributed by atoms with E-state index in [1.165, 1.54) is 6.92 Å². The molecule has 1 aliphatic rings. The smallest absolute Gasteiger partial charge is 0.325 e. The van der Waals surface area contributed by atoms with Crippen LogP contribution < -0.4 is 10.6 Å². The van der Waals surface area contributed by atoms with E-state index < -0.39 is 18.0 Å². The predicted molar refractivity (Wildman–Crippen MR) is 52.6 cm³/mol. The molecule has 1 unspecified atom stereocenters. The van der Waals surface area contributed by atoms with Crippen LogP contribution >= 0.6 is 0 Å². The SMILES string of the molecule is C[C@@H](NC(=O)NC1CCCOC1)C(=O)O. The maximum absolute atomic E-state index is 11.3. The lowest BCUT2D eigenvalue weighted by molar-refractivity contribution is -0.138. The molecule has 0 aromatic carbocycles. The summed E-state index contributed by atoms with van der Waals surface area (Å²) in [6.45, 7) is 2.64. The standard InChI is InChI=1S/C9H16N2O4/c1-6(8(12)13)10-9(14)11-7-3-2-4-15-5-7/h6-7H,2-5H2,1H3,(H,12,13)(H2,10,11,14)/t6-,7?/m1/s1. The van der Waals surface area contributed by atoms with Crippen LogP contribution in [0.25, 0.3) is 0 Å². The van der Waals surface area contributed by atoms with Gasteiger partial charge in [0.1, 0.15) is 6.04 Å². The Morgan fingerprint density at radius 3 is 2.80 bits per heavy atom. The minimum Gasteiger partial charge on any atom is -0.480 e. The van der Waals surface area contributed by atoms with Crippen molar-refractivity contribution in [2.75, 3.05) is 13.2 Å². The molecule has 1 aliphatic heterocycles. The second-order valence-corrected chi connectivity index (χ2v) is 3.59. The molecule has 6 nitrogen and oxygen atoms in total. The Labute approximate surface area is 88.0 Å². The van der Waals surface area contributed by atoms with Crippen LogP contribution in [0, 0.1) is 0 Å². The summed E-state index contributed by atoms with van der Waals surface area (Å²) >= 11 is 0. The van der Waals surface area contributed by atoms with Gasteiger partial charge < -0.3 is 20.5 Å². The maximum Gasteiger partial charge on any atom is 0.325 e. The van der Waals surface area contributed by atoms with Crippen molar-refractivity contribution in [3.8, 4) is 0 Å². The Morgan fingerprint density at radius 2 is 2.27 bits per heavy atom. The van der Waals surface area contributed by atoms with E-state index in [4.69, 9.17) is 9.84 Å². The number of carboxylic acid groups (broad SMARTS) is 1. The molecule has 1 saturated heterocycles. The van der Waals surface area contributed by atoms with Gasteiger partial charge in [-0.25, -0.2) is 4.79 Å². The molecular formula is C9H16N2O4. The molecule has 1 fully saturated rings. The van der Waals surface area contributed by atoms with E-state index in [-0.39, 0.29) is 6.04 Å². The zero-order valence-electron chi connectivity index (χ0n) is 8.66. The molecule has 0 aliphatic carbocycles. The Morgan fingerprint density at radius 1 is 1.53 bits per heavy atom. The van der Waals surface area contributed by atoms with E-state index in [0.29, 0.717) is 6.61 Å². The molecule has 0 radical (unpaired) electrons. The molecule has 1 rings (SSSR count). The molecule has 0 bridgehead atoms. The number of amides is 2. The van der Waals surface area contributed by atoms with Gasteiger partial charge in [0, 0.05) is 6.61 Å². The van der Waals surface area contributed by atoms with Gasteiger partial charge in [0.15, 0.2) is 0 Å². The Hall–Kier alpha value is -1.30. The third-order valence-electron chi connectivity index (χ3n) is 2.21. The highest BCUT2D eigenvalue weighted by Crippen LogP contribution is 2.05. The number of hydrogen-bond donors (Lipinski definition) is 3. The number of ether oxygens (including phenoxy) is 1. The number of nitrogens with one attached hydrogen (secondary N) is 2. The van der Waals surface area contributed by atoms with Gasteiger partial charge in [0.25, 0.3) is 0 Å². The van der Waals surface area contributed by atoms with Gasteiger partial charge in [-0.1, -0.05) is 0 Å². The van der Waals surface area contributed by atoms with Crippen molar-refractivity contribution in [1.82, 2.24) is 10.6 Å². The molecule has 3 N–H and O–H groups in total. The third-order valence-corrected chi connectivity index (χ3v) is 2.21. The van der Waals surface area contributed by atoms with Gasteiger partial charge in [-0.3, -0.25) is 4.79 Å². The highest BCUT2D eigenvalue weighted by Gasteiger charge is 2.18. The van der Waals surface area contributed by atoms with Crippen LogP contribution in [0.3, 0.4) is 0 Å². The molecule has 15 heavy (non-hydrogen) atoms. The van der Waals surface area contributed by atoms with E-state index in [1.54, 1.807) is 0 Å². The first kappa shape index (κ1) is 11.8. The Kier molecular flexibility index (Phi) is 4.36. The normalized spacial score (nSPS) is 22.9. The summed E-state index contributed by atoms with van der Waals surface area (Å²) in [5.41, 5.74) is 0. The summed E-state index contributed by atoms with van der Waals surface area (Å²) in [5, 5.41) is 13.6.